The second kappa shape index (κ2) is 21.1. The number of rotatable bonds is 20. The quantitative estimate of drug-likeness (QED) is 0.0565. The third-order valence-corrected chi connectivity index (χ3v) is 7.70. The molecule has 0 aromatic heterocycles. The summed E-state index contributed by atoms with van der Waals surface area (Å²) >= 11 is 0. The fraction of sp³-hybridized carbons (Fsp3) is 0.677. The fourth-order valence-corrected chi connectivity index (χ4v) is 4.92. The number of carbonyl (C=O) groups excluding carboxylic acids is 8. The van der Waals surface area contributed by atoms with Crippen molar-refractivity contribution < 1.29 is 58.2 Å². The van der Waals surface area contributed by atoms with Gasteiger partial charge >= 0.3 is 11.9 Å². The van der Waals surface area contributed by atoms with E-state index in [1.807, 2.05) is 19.2 Å². The molecule has 0 aliphatic carbocycles. The Bertz CT molecular complexity index is 1370. The standard InChI is InChI=1S/C31H51N9O12/c1-14(2)10-19(39-25(45)15(3)32)28(48)34-12-22(41)35-18(6)30(50)40-9-7-8-21(40)29(49)37-17(5)27(47)36-16(4)26(46)33-13-23(42)38-20(31(51)52)11-24(43)44/h14-21H,7-13,32H2,1-6H3,(H,33,46)(H,34,48)(H,35,41)(H,36,47)(H,37,49)(H,38,42)(H,39,45)(H,43,44)(H,51,52)/t15-,16-,17-,18-,19-,20-,21-/m0/s1. The summed E-state index contributed by atoms with van der Waals surface area (Å²) in [5, 5.41) is 34.2. The number of nitrogens with one attached hydrogen (secondary N) is 7. The lowest BCUT2D eigenvalue weighted by molar-refractivity contribution is -0.147. The van der Waals surface area contributed by atoms with Gasteiger partial charge in [0.15, 0.2) is 0 Å². The van der Waals surface area contributed by atoms with Gasteiger partial charge in [0.2, 0.25) is 47.3 Å². The van der Waals surface area contributed by atoms with Crippen LogP contribution >= 0.6 is 0 Å². The van der Waals surface area contributed by atoms with Crippen LogP contribution in [0.25, 0.3) is 0 Å². The summed E-state index contributed by atoms with van der Waals surface area (Å²) in [5.74, 6) is -8.66. The first-order chi connectivity index (χ1) is 24.1. The molecule has 0 saturated carbocycles. The molecule has 0 bridgehead atoms. The fourth-order valence-electron chi connectivity index (χ4n) is 4.92. The van der Waals surface area contributed by atoms with E-state index < -0.39 is 121 Å². The third-order valence-electron chi connectivity index (χ3n) is 7.70. The number of likely N-dealkylation sites (tertiary alicyclic amines) is 1. The largest absolute Gasteiger partial charge is 0.481 e. The molecule has 1 rings (SSSR count). The topological polar surface area (TPSA) is 325 Å². The van der Waals surface area contributed by atoms with Crippen LogP contribution in [0.15, 0.2) is 0 Å². The second-order valence-corrected chi connectivity index (χ2v) is 12.9. The molecule has 7 atom stereocenters. The van der Waals surface area contributed by atoms with E-state index >= 15 is 0 Å². The van der Waals surface area contributed by atoms with E-state index in [-0.39, 0.29) is 18.9 Å². The molecular weight excluding hydrogens is 690 g/mol. The molecule has 21 heteroatoms. The number of carboxylic acid groups (broad SMARTS) is 2. The summed E-state index contributed by atoms with van der Waals surface area (Å²) in [6.07, 6.45) is 0.140. The maximum Gasteiger partial charge on any atom is 0.326 e. The van der Waals surface area contributed by atoms with Crippen molar-refractivity contribution in [2.75, 3.05) is 19.6 Å². The third kappa shape index (κ3) is 15.3. The van der Waals surface area contributed by atoms with Gasteiger partial charge in [0.05, 0.1) is 25.6 Å². The van der Waals surface area contributed by atoms with Crippen molar-refractivity contribution in [1.82, 2.24) is 42.1 Å². The Hall–Kier alpha value is -5.34. The molecule has 1 aliphatic heterocycles. The molecule has 0 unspecified atom stereocenters. The van der Waals surface area contributed by atoms with Gasteiger partial charge in [0.25, 0.3) is 0 Å². The van der Waals surface area contributed by atoms with E-state index in [9.17, 15) is 47.9 Å². The van der Waals surface area contributed by atoms with Crippen molar-refractivity contribution in [3.63, 3.8) is 0 Å². The first-order valence-electron chi connectivity index (χ1n) is 16.7. The summed E-state index contributed by atoms with van der Waals surface area (Å²) in [6, 6.07) is -7.92. The van der Waals surface area contributed by atoms with Crippen molar-refractivity contribution >= 4 is 59.2 Å². The average Bonchev–Trinajstić information content (AvgIpc) is 3.54. The van der Waals surface area contributed by atoms with Crippen LogP contribution in [0.3, 0.4) is 0 Å². The van der Waals surface area contributed by atoms with Gasteiger partial charge < -0.3 is 58.1 Å². The van der Waals surface area contributed by atoms with Crippen molar-refractivity contribution in [2.45, 2.75) is 110 Å². The average molecular weight is 742 g/mol. The van der Waals surface area contributed by atoms with Gasteiger partial charge in [0, 0.05) is 6.54 Å². The predicted octanol–water partition coefficient (Wildman–Crippen LogP) is -4.35. The zero-order valence-corrected chi connectivity index (χ0v) is 30.1. The molecule has 1 heterocycles. The normalized spacial score (nSPS) is 17.2. The van der Waals surface area contributed by atoms with Crippen LogP contribution in [-0.2, 0) is 47.9 Å². The molecule has 0 radical (unpaired) electrons. The lowest BCUT2D eigenvalue weighted by Crippen LogP contribution is -2.57. The van der Waals surface area contributed by atoms with Gasteiger partial charge in [-0.1, -0.05) is 13.8 Å². The van der Waals surface area contributed by atoms with Gasteiger partial charge in [0.1, 0.15) is 36.3 Å². The summed E-state index contributed by atoms with van der Waals surface area (Å²) in [6.45, 7) is 8.20. The minimum absolute atomic E-state index is 0.0398. The van der Waals surface area contributed by atoms with E-state index in [4.69, 9.17) is 15.9 Å². The van der Waals surface area contributed by atoms with E-state index in [1.165, 1.54) is 32.6 Å². The number of hydrogen-bond acceptors (Lipinski definition) is 11. The van der Waals surface area contributed by atoms with E-state index in [2.05, 4.69) is 31.9 Å². The number of carbonyl (C=O) groups is 10. The Balaban J connectivity index is 2.65. The lowest BCUT2D eigenvalue weighted by atomic mass is 10.0. The van der Waals surface area contributed by atoms with Gasteiger partial charge in [-0.15, -0.1) is 0 Å². The van der Waals surface area contributed by atoms with E-state index in [0.717, 1.165) is 0 Å². The maximum atomic E-state index is 13.2. The molecule has 1 aliphatic rings. The Morgan fingerprint density at radius 2 is 1.23 bits per heavy atom. The first kappa shape index (κ1) is 44.7. The Morgan fingerprint density at radius 1 is 0.673 bits per heavy atom. The van der Waals surface area contributed by atoms with Gasteiger partial charge in [-0.2, -0.15) is 0 Å². The summed E-state index contributed by atoms with van der Waals surface area (Å²) in [7, 11) is 0. The number of nitrogens with zero attached hydrogens (tertiary/aromatic N) is 1. The maximum absolute atomic E-state index is 13.2. The highest BCUT2D eigenvalue weighted by Gasteiger charge is 2.37. The van der Waals surface area contributed by atoms with Crippen LogP contribution in [0.4, 0.5) is 0 Å². The predicted molar refractivity (Wildman–Crippen MR) is 180 cm³/mol. The monoisotopic (exact) mass is 741 g/mol. The first-order valence-corrected chi connectivity index (χ1v) is 16.7. The molecule has 0 aromatic rings. The Morgan fingerprint density at radius 3 is 1.77 bits per heavy atom. The Kier molecular flexibility index (Phi) is 18.2. The zero-order chi connectivity index (χ0) is 39.9. The van der Waals surface area contributed by atoms with Crippen LogP contribution in [0.5, 0.6) is 0 Å². The summed E-state index contributed by atoms with van der Waals surface area (Å²) in [5.41, 5.74) is 5.57. The van der Waals surface area contributed by atoms with Crippen molar-refractivity contribution in [3.05, 3.63) is 0 Å². The van der Waals surface area contributed by atoms with Gasteiger partial charge in [-0.3, -0.25) is 43.2 Å². The smallest absolute Gasteiger partial charge is 0.326 e. The van der Waals surface area contributed by atoms with Crippen molar-refractivity contribution in [2.24, 2.45) is 11.7 Å². The molecular formula is C31H51N9O12. The minimum atomic E-state index is -1.72. The number of carboxylic acids is 2. The van der Waals surface area contributed by atoms with Crippen LogP contribution in [0, 0.1) is 5.92 Å². The highest BCUT2D eigenvalue weighted by molar-refractivity contribution is 5.97. The number of amides is 8. The molecule has 52 heavy (non-hydrogen) atoms. The summed E-state index contributed by atoms with van der Waals surface area (Å²) < 4.78 is 0. The molecule has 292 valence electrons. The highest BCUT2D eigenvalue weighted by atomic mass is 16.4. The van der Waals surface area contributed by atoms with Crippen LogP contribution in [0.1, 0.15) is 67.2 Å². The van der Waals surface area contributed by atoms with Crippen molar-refractivity contribution in [1.29, 1.82) is 0 Å². The lowest BCUT2D eigenvalue weighted by Gasteiger charge is -2.28. The number of aliphatic carboxylic acids is 2. The SMILES string of the molecule is CC(C)C[C@H](NC(=O)[C@H](C)N)C(=O)NCC(=O)N[C@@H](C)C(=O)N1CCC[C@H]1C(=O)N[C@@H](C)C(=O)N[C@@H](C)C(=O)NCC(=O)N[C@@H](CC(=O)O)C(=O)O. The van der Waals surface area contributed by atoms with Crippen molar-refractivity contribution in [3.8, 4) is 0 Å². The minimum Gasteiger partial charge on any atom is -0.481 e. The Labute approximate surface area is 300 Å². The molecule has 8 amide bonds. The van der Waals surface area contributed by atoms with Crippen LogP contribution in [-0.4, -0.2) is 136 Å². The molecule has 11 N–H and O–H groups in total. The van der Waals surface area contributed by atoms with Gasteiger partial charge in [-0.05, 0) is 52.9 Å². The van der Waals surface area contributed by atoms with Gasteiger partial charge in [-0.25, -0.2) is 4.79 Å². The molecule has 1 fully saturated rings. The van der Waals surface area contributed by atoms with Crippen LogP contribution in [0.2, 0.25) is 0 Å². The number of nitrogens with two attached hydrogens (primary N) is 1. The summed E-state index contributed by atoms with van der Waals surface area (Å²) in [4.78, 5) is 124. The van der Waals surface area contributed by atoms with Crippen LogP contribution < -0.4 is 43.0 Å². The van der Waals surface area contributed by atoms with E-state index in [0.29, 0.717) is 12.8 Å². The molecule has 0 aromatic carbocycles. The second-order valence-electron chi connectivity index (χ2n) is 12.9. The zero-order valence-electron chi connectivity index (χ0n) is 30.1. The number of hydrogen-bond donors (Lipinski definition) is 10. The molecule has 0 spiro atoms. The molecule has 1 saturated heterocycles. The molecule has 21 nitrogen and oxygen atoms in total. The van der Waals surface area contributed by atoms with E-state index in [1.54, 1.807) is 0 Å². The highest BCUT2D eigenvalue weighted by Crippen LogP contribution is 2.19.